The minimum Gasteiger partial charge on any atom is -0.379 e. The SMILES string of the molecule is Cc1ccc(C2=C(Nc3ccccc3C)C(=O)N(CCCOC(C)C)C2=O)cc1. The van der Waals surface area contributed by atoms with Gasteiger partial charge in [0.05, 0.1) is 11.7 Å². The topological polar surface area (TPSA) is 58.6 Å². The third kappa shape index (κ3) is 4.74. The fourth-order valence-corrected chi connectivity index (χ4v) is 3.27. The van der Waals surface area contributed by atoms with Crippen molar-refractivity contribution in [1.29, 1.82) is 0 Å². The van der Waals surface area contributed by atoms with Crippen molar-refractivity contribution in [2.24, 2.45) is 0 Å². The number of para-hydroxylation sites is 1. The summed E-state index contributed by atoms with van der Waals surface area (Å²) in [6.07, 6.45) is 0.730. The second-order valence-corrected chi connectivity index (χ2v) is 7.59. The third-order valence-electron chi connectivity index (χ3n) is 4.89. The predicted molar refractivity (Wildman–Crippen MR) is 115 cm³/mol. The van der Waals surface area contributed by atoms with Crippen LogP contribution in [0.2, 0.25) is 0 Å². The molecule has 3 rings (SSSR count). The van der Waals surface area contributed by atoms with E-state index in [1.807, 2.05) is 76.2 Å². The number of hydrogen-bond acceptors (Lipinski definition) is 4. The Labute approximate surface area is 172 Å². The molecule has 0 saturated carbocycles. The summed E-state index contributed by atoms with van der Waals surface area (Å²) in [5.41, 5.74) is 4.42. The number of anilines is 1. The first kappa shape index (κ1) is 20.8. The maximum atomic E-state index is 13.2. The number of benzene rings is 2. The summed E-state index contributed by atoms with van der Waals surface area (Å²) in [5, 5.41) is 3.23. The maximum absolute atomic E-state index is 13.2. The molecule has 0 bridgehead atoms. The second-order valence-electron chi connectivity index (χ2n) is 7.59. The van der Waals surface area contributed by atoms with Crippen LogP contribution in [0.4, 0.5) is 5.69 Å². The second kappa shape index (κ2) is 9.05. The quantitative estimate of drug-likeness (QED) is 0.537. The van der Waals surface area contributed by atoms with Gasteiger partial charge in [0.2, 0.25) is 0 Å². The van der Waals surface area contributed by atoms with E-state index in [0.29, 0.717) is 30.8 Å². The minimum atomic E-state index is -0.293. The molecule has 1 aliphatic rings. The van der Waals surface area contributed by atoms with Crippen LogP contribution in [0.3, 0.4) is 0 Å². The van der Waals surface area contributed by atoms with E-state index in [9.17, 15) is 9.59 Å². The number of nitrogens with one attached hydrogen (secondary N) is 1. The number of amides is 2. The molecule has 2 aromatic rings. The van der Waals surface area contributed by atoms with Crippen LogP contribution in [0, 0.1) is 13.8 Å². The molecule has 2 aromatic carbocycles. The molecule has 152 valence electrons. The molecule has 0 aromatic heterocycles. The van der Waals surface area contributed by atoms with E-state index in [2.05, 4.69) is 5.32 Å². The lowest BCUT2D eigenvalue weighted by atomic mass is 10.0. The number of imide groups is 1. The summed E-state index contributed by atoms with van der Waals surface area (Å²) in [4.78, 5) is 27.7. The number of carbonyl (C=O) groups is 2. The molecule has 0 radical (unpaired) electrons. The van der Waals surface area contributed by atoms with E-state index < -0.39 is 0 Å². The standard InChI is InChI=1S/C24H28N2O3/c1-16(2)29-15-7-14-26-23(27)21(19-12-10-17(3)11-13-19)22(24(26)28)25-20-9-6-5-8-18(20)4/h5-6,8-13,16,25H,7,14-15H2,1-4H3. The highest BCUT2D eigenvalue weighted by atomic mass is 16.5. The largest absolute Gasteiger partial charge is 0.379 e. The van der Waals surface area contributed by atoms with E-state index in [0.717, 1.165) is 22.4 Å². The molecule has 1 aliphatic heterocycles. The molecule has 0 atom stereocenters. The Balaban J connectivity index is 1.91. The molecule has 5 nitrogen and oxygen atoms in total. The Bertz CT molecular complexity index is 929. The Morgan fingerprint density at radius 3 is 2.31 bits per heavy atom. The summed E-state index contributed by atoms with van der Waals surface area (Å²) >= 11 is 0. The monoisotopic (exact) mass is 392 g/mol. The van der Waals surface area contributed by atoms with Gasteiger partial charge < -0.3 is 10.1 Å². The van der Waals surface area contributed by atoms with Crippen LogP contribution in [0.1, 0.15) is 37.0 Å². The zero-order chi connectivity index (χ0) is 21.0. The van der Waals surface area contributed by atoms with Gasteiger partial charge >= 0.3 is 0 Å². The van der Waals surface area contributed by atoms with Crippen molar-refractivity contribution >= 4 is 23.1 Å². The molecule has 0 fully saturated rings. The number of nitrogens with zero attached hydrogens (tertiary/aromatic N) is 1. The summed E-state index contributed by atoms with van der Waals surface area (Å²) < 4.78 is 5.56. The van der Waals surface area contributed by atoms with E-state index in [4.69, 9.17) is 4.74 Å². The molecule has 0 saturated heterocycles. The van der Waals surface area contributed by atoms with Gasteiger partial charge in [-0.1, -0.05) is 48.0 Å². The zero-order valence-electron chi connectivity index (χ0n) is 17.5. The zero-order valence-corrected chi connectivity index (χ0v) is 17.5. The van der Waals surface area contributed by atoms with Crippen molar-refractivity contribution in [3.05, 3.63) is 70.9 Å². The molecule has 1 N–H and O–H groups in total. The number of carbonyl (C=O) groups excluding carboxylic acids is 2. The molecular formula is C24H28N2O3. The average molecular weight is 392 g/mol. The fraction of sp³-hybridized carbons (Fsp3) is 0.333. The number of rotatable bonds is 8. The van der Waals surface area contributed by atoms with Gasteiger partial charge in [-0.15, -0.1) is 0 Å². The van der Waals surface area contributed by atoms with Crippen LogP contribution in [0.25, 0.3) is 5.57 Å². The lowest BCUT2D eigenvalue weighted by molar-refractivity contribution is -0.137. The highest BCUT2D eigenvalue weighted by Crippen LogP contribution is 2.31. The fourth-order valence-electron chi connectivity index (χ4n) is 3.27. The summed E-state index contributed by atoms with van der Waals surface area (Å²) in [7, 11) is 0. The molecule has 0 aliphatic carbocycles. The first-order valence-electron chi connectivity index (χ1n) is 10.00. The molecular weight excluding hydrogens is 364 g/mol. The maximum Gasteiger partial charge on any atom is 0.278 e. The van der Waals surface area contributed by atoms with Crippen molar-refractivity contribution in [2.45, 2.75) is 40.2 Å². The predicted octanol–water partition coefficient (Wildman–Crippen LogP) is 4.31. The molecule has 29 heavy (non-hydrogen) atoms. The van der Waals surface area contributed by atoms with E-state index in [1.165, 1.54) is 4.90 Å². The number of ether oxygens (including phenoxy) is 1. The Morgan fingerprint density at radius 2 is 1.66 bits per heavy atom. The first-order valence-corrected chi connectivity index (χ1v) is 10.00. The van der Waals surface area contributed by atoms with Crippen molar-refractivity contribution in [3.8, 4) is 0 Å². The van der Waals surface area contributed by atoms with Gasteiger partial charge in [0, 0.05) is 18.8 Å². The molecule has 0 spiro atoms. The van der Waals surface area contributed by atoms with Crippen molar-refractivity contribution < 1.29 is 14.3 Å². The molecule has 2 amide bonds. The highest BCUT2D eigenvalue weighted by Gasteiger charge is 2.38. The van der Waals surface area contributed by atoms with Gasteiger partial charge in [-0.2, -0.15) is 0 Å². The van der Waals surface area contributed by atoms with Gasteiger partial charge in [-0.05, 0) is 51.3 Å². The van der Waals surface area contributed by atoms with Crippen molar-refractivity contribution in [2.75, 3.05) is 18.5 Å². The van der Waals surface area contributed by atoms with Crippen LogP contribution < -0.4 is 5.32 Å². The van der Waals surface area contributed by atoms with E-state index in [-0.39, 0.29) is 17.9 Å². The van der Waals surface area contributed by atoms with Crippen LogP contribution in [-0.4, -0.2) is 36.0 Å². The lowest BCUT2D eigenvalue weighted by Crippen LogP contribution is -2.34. The minimum absolute atomic E-state index is 0.125. The van der Waals surface area contributed by atoms with Gasteiger partial charge in [-0.3, -0.25) is 14.5 Å². The highest BCUT2D eigenvalue weighted by molar-refractivity contribution is 6.36. The van der Waals surface area contributed by atoms with Crippen molar-refractivity contribution in [3.63, 3.8) is 0 Å². The molecule has 0 unspecified atom stereocenters. The van der Waals surface area contributed by atoms with Gasteiger partial charge in [0.25, 0.3) is 11.8 Å². The van der Waals surface area contributed by atoms with Crippen LogP contribution in [-0.2, 0) is 14.3 Å². The van der Waals surface area contributed by atoms with Crippen LogP contribution >= 0.6 is 0 Å². The normalized spacial score (nSPS) is 14.3. The van der Waals surface area contributed by atoms with E-state index in [1.54, 1.807) is 0 Å². The number of hydrogen-bond donors (Lipinski definition) is 1. The Morgan fingerprint density at radius 1 is 0.966 bits per heavy atom. The van der Waals surface area contributed by atoms with E-state index >= 15 is 0 Å². The third-order valence-corrected chi connectivity index (χ3v) is 4.89. The lowest BCUT2D eigenvalue weighted by Gasteiger charge is -2.16. The Hall–Kier alpha value is -2.92. The Kier molecular flexibility index (Phi) is 6.49. The summed E-state index contributed by atoms with van der Waals surface area (Å²) in [6.45, 7) is 8.73. The average Bonchev–Trinajstić information content (AvgIpc) is 2.91. The molecule has 5 heteroatoms. The van der Waals surface area contributed by atoms with Gasteiger partial charge in [-0.25, -0.2) is 0 Å². The van der Waals surface area contributed by atoms with Crippen LogP contribution in [0.15, 0.2) is 54.2 Å². The first-order chi connectivity index (χ1) is 13.9. The smallest absolute Gasteiger partial charge is 0.278 e. The van der Waals surface area contributed by atoms with Gasteiger partial charge in [0.1, 0.15) is 5.70 Å². The number of aryl methyl sites for hydroxylation is 2. The summed E-state index contributed by atoms with van der Waals surface area (Å²) in [5.74, 6) is -0.558. The molecule has 1 heterocycles. The summed E-state index contributed by atoms with van der Waals surface area (Å²) in [6, 6.07) is 15.4. The van der Waals surface area contributed by atoms with Crippen LogP contribution in [0.5, 0.6) is 0 Å². The van der Waals surface area contributed by atoms with Gasteiger partial charge in [0.15, 0.2) is 0 Å². The van der Waals surface area contributed by atoms with Crippen molar-refractivity contribution in [1.82, 2.24) is 4.90 Å².